The van der Waals surface area contributed by atoms with E-state index in [1.165, 1.54) is 47.2 Å². The molecule has 0 unspecified atom stereocenters. The number of ether oxygens (including phenoxy) is 2. The largest absolute Gasteiger partial charge is 0.492 e. The van der Waals surface area contributed by atoms with Crippen LogP contribution in [0.2, 0.25) is 0 Å². The van der Waals surface area contributed by atoms with Crippen molar-refractivity contribution in [2.75, 3.05) is 29.2 Å². The lowest BCUT2D eigenvalue weighted by molar-refractivity contribution is -0.131. The van der Waals surface area contributed by atoms with E-state index in [-0.39, 0.29) is 29.7 Å². The number of aromatic nitrogens is 3. The molecule has 5 rings (SSSR count). The molecule has 0 spiro atoms. The third kappa shape index (κ3) is 6.33. The number of carbonyl (C=O) groups is 2. The lowest BCUT2D eigenvalue weighted by atomic mass is 10.0. The van der Waals surface area contributed by atoms with Gasteiger partial charge in [-0.1, -0.05) is 0 Å². The molecule has 2 heterocycles. The highest BCUT2D eigenvalue weighted by atomic mass is 32.2. The highest BCUT2D eigenvalue weighted by Crippen LogP contribution is 2.47. The standard InChI is InChI=1S/C28H27F2N5O6S/c1-17-23(40-12-3-13-42(2,38)39)15-35-24(17)25(31-16-32-35)41-22-9-8-20(14-21(22)30)34-27(37)28(10-11-28)26(36)33-19-6-4-18(29)5-7-19/h4-9,14-16H,3,10-13H2,1-2H3,(H,33,36)(H,34,37). The van der Waals surface area contributed by atoms with Crippen LogP contribution in [0.25, 0.3) is 5.52 Å². The summed E-state index contributed by atoms with van der Waals surface area (Å²) < 4.78 is 63.8. The summed E-state index contributed by atoms with van der Waals surface area (Å²) in [5.74, 6) is -2.02. The van der Waals surface area contributed by atoms with Gasteiger partial charge in [-0.25, -0.2) is 21.7 Å². The molecule has 14 heteroatoms. The molecule has 2 amide bonds. The summed E-state index contributed by atoms with van der Waals surface area (Å²) in [5.41, 5.74) is 0.222. The van der Waals surface area contributed by atoms with E-state index in [4.69, 9.17) is 9.47 Å². The van der Waals surface area contributed by atoms with Gasteiger partial charge in [-0.2, -0.15) is 10.1 Å². The Hall–Kier alpha value is -4.59. The summed E-state index contributed by atoms with van der Waals surface area (Å²) in [6.45, 7) is 1.91. The zero-order valence-corrected chi connectivity index (χ0v) is 23.5. The van der Waals surface area contributed by atoms with E-state index in [1.54, 1.807) is 13.1 Å². The molecule has 2 aromatic carbocycles. The third-order valence-corrected chi connectivity index (χ3v) is 7.81. The van der Waals surface area contributed by atoms with Gasteiger partial charge in [0.15, 0.2) is 11.6 Å². The van der Waals surface area contributed by atoms with Gasteiger partial charge in [0.1, 0.15) is 38.7 Å². The van der Waals surface area contributed by atoms with E-state index in [0.29, 0.717) is 41.8 Å². The van der Waals surface area contributed by atoms with Crippen molar-refractivity contribution in [2.45, 2.75) is 26.2 Å². The van der Waals surface area contributed by atoms with Crippen LogP contribution in [0.1, 0.15) is 24.8 Å². The Morgan fingerprint density at radius 1 is 1.02 bits per heavy atom. The molecule has 0 aliphatic heterocycles. The fourth-order valence-electron chi connectivity index (χ4n) is 4.31. The SMILES string of the molecule is Cc1c(OCCCS(C)(=O)=O)cn2ncnc(Oc3ccc(NC(=O)C4(C(=O)Nc5ccc(F)cc5)CC4)cc3F)c12. The Kier molecular flexibility index (Phi) is 7.82. The zero-order chi connectivity index (χ0) is 30.1. The number of rotatable bonds is 11. The number of nitrogens with zero attached hydrogens (tertiary/aromatic N) is 3. The highest BCUT2D eigenvalue weighted by Gasteiger charge is 2.56. The van der Waals surface area contributed by atoms with Gasteiger partial charge in [-0.3, -0.25) is 9.59 Å². The fourth-order valence-corrected chi connectivity index (χ4v) is 4.95. The molecule has 1 fully saturated rings. The predicted molar refractivity (Wildman–Crippen MR) is 149 cm³/mol. The minimum absolute atomic E-state index is 0.00646. The number of amides is 2. The van der Waals surface area contributed by atoms with Gasteiger partial charge < -0.3 is 20.1 Å². The molecule has 2 N–H and O–H groups in total. The summed E-state index contributed by atoms with van der Waals surface area (Å²) in [6.07, 6.45) is 4.93. The lowest BCUT2D eigenvalue weighted by Crippen LogP contribution is -2.35. The fraction of sp³-hybridized carbons (Fsp3) is 0.286. The van der Waals surface area contributed by atoms with Crippen LogP contribution in [0.5, 0.6) is 17.4 Å². The molecule has 0 radical (unpaired) electrons. The van der Waals surface area contributed by atoms with Crippen molar-refractivity contribution in [3.05, 3.63) is 72.2 Å². The number of hydrogen-bond acceptors (Lipinski definition) is 8. The second-order valence-corrected chi connectivity index (χ2v) is 12.3. The van der Waals surface area contributed by atoms with Crippen molar-refractivity contribution < 1.29 is 36.3 Å². The van der Waals surface area contributed by atoms with Crippen LogP contribution in [-0.4, -0.2) is 53.4 Å². The summed E-state index contributed by atoms with van der Waals surface area (Å²) in [5, 5.41) is 9.34. The number of carbonyl (C=O) groups excluding carboxylic acids is 2. The first-order valence-electron chi connectivity index (χ1n) is 12.9. The number of hydrogen-bond donors (Lipinski definition) is 2. The van der Waals surface area contributed by atoms with Gasteiger partial charge in [-0.05, 0) is 62.6 Å². The third-order valence-electron chi connectivity index (χ3n) is 6.78. The molecule has 42 heavy (non-hydrogen) atoms. The highest BCUT2D eigenvalue weighted by molar-refractivity contribution is 7.90. The molecule has 0 saturated heterocycles. The molecule has 4 aromatic rings. The quantitative estimate of drug-likeness (QED) is 0.192. The molecule has 11 nitrogen and oxygen atoms in total. The van der Waals surface area contributed by atoms with Gasteiger partial charge in [-0.15, -0.1) is 0 Å². The van der Waals surface area contributed by atoms with Crippen molar-refractivity contribution in [1.29, 1.82) is 0 Å². The molecular formula is C28H27F2N5O6S. The molecule has 0 bridgehead atoms. The van der Waals surface area contributed by atoms with E-state index in [0.717, 1.165) is 12.3 Å². The van der Waals surface area contributed by atoms with E-state index in [9.17, 15) is 22.4 Å². The van der Waals surface area contributed by atoms with E-state index in [1.807, 2.05) is 0 Å². The van der Waals surface area contributed by atoms with E-state index >= 15 is 4.39 Å². The minimum Gasteiger partial charge on any atom is -0.492 e. The number of anilines is 2. The van der Waals surface area contributed by atoms with Crippen molar-refractivity contribution in [3.63, 3.8) is 0 Å². The zero-order valence-electron chi connectivity index (χ0n) is 22.7. The van der Waals surface area contributed by atoms with Gasteiger partial charge >= 0.3 is 0 Å². The second kappa shape index (κ2) is 11.4. The van der Waals surface area contributed by atoms with Crippen molar-refractivity contribution >= 4 is 38.5 Å². The van der Waals surface area contributed by atoms with Crippen LogP contribution in [0.3, 0.4) is 0 Å². The Bertz CT molecular complexity index is 1770. The van der Waals surface area contributed by atoms with Crippen LogP contribution >= 0.6 is 0 Å². The number of sulfone groups is 1. The summed E-state index contributed by atoms with van der Waals surface area (Å²) in [6, 6.07) is 9.01. The van der Waals surface area contributed by atoms with Crippen molar-refractivity contribution in [3.8, 4) is 17.4 Å². The molecule has 220 valence electrons. The van der Waals surface area contributed by atoms with Crippen molar-refractivity contribution in [2.24, 2.45) is 5.41 Å². The van der Waals surface area contributed by atoms with E-state index in [2.05, 4.69) is 20.7 Å². The Morgan fingerprint density at radius 2 is 1.69 bits per heavy atom. The summed E-state index contributed by atoms with van der Waals surface area (Å²) >= 11 is 0. The molecule has 1 aliphatic rings. The van der Waals surface area contributed by atoms with Crippen LogP contribution in [0.15, 0.2) is 55.0 Å². The first-order chi connectivity index (χ1) is 19.9. The topological polar surface area (TPSA) is 141 Å². The predicted octanol–water partition coefficient (Wildman–Crippen LogP) is 4.28. The minimum atomic E-state index is -3.10. The number of halogens is 2. The van der Waals surface area contributed by atoms with E-state index < -0.39 is 38.7 Å². The second-order valence-electron chi connectivity index (χ2n) is 10.1. The number of aryl methyl sites for hydroxylation is 1. The van der Waals surface area contributed by atoms with Crippen LogP contribution in [0.4, 0.5) is 20.2 Å². The monoisotopic (exact) mass is 599 g/mol. The smallest absolute Gasteiger partial charge is 0.247 e. The average Bonchev–Trinajstić information content (AvgIpc) is 3.69. The maximum atomic E-state index is 15.1. The van der Waals surface area contributed by atoms with Gasteiger partial charge in [0, 0.05) is 29.3 Å². The molecule has 1 aliphatic carbocycles. The number of fused-ring (bicyclic) bond motifs is 1. The molecule has 1 saturated carbocycles. The average molecular weight is 600 g/mol. The summed E-state index contributed by atoms with van der Waals surface area (Å²) in [7, 11) is -3.10. The number of benzene rings is 2. The normalized spacial score (nSPS) is 13.9. The van der Waals surface area contributed by atoms with Crippen molar-refractivity contribution in [1.82, 2.24) is 14.6 Å². The summed E-state index contributed by atoms with van der Waals surface area (Å²) in [4.78, 5) is 29.9. The first kappa shape index (κ1) is 28.9. The maximum Gasteiger partial charge on any atom is 0.247 e. The van der Waals surface area contributed by atoms with Gasteiger partial charge in [0.2, 0.25) is 17.7 Å². The first-order valence-corrected chi connectivity index (χ1v) is 15.0. The Morgan fingerprint density at radius 3 is 2.33 bits per heavy atom. The Labute approximate surface area is 239 Å². The molecular weight excluding hydrogens is 572 g/mol. The van der Waals surface area contributed by atoms with Crippen LogP contribution in [-0.2, 0) is 19.4 Å². The van der Waals surface area contributed by atoms with Crippen LogP contribution in [0, 0.1) is 24.0 Å². The van der Waals surface area contributed by atoms with Gasteiger partial charge in [0.05, 0.1) is 18.6 Å². The molecule has 0 atom stereocenters. The maximum absolute atomic E-state index is 15.1. The lowest BCUT2D eigenvalue weighted by Gasteiger charge is -2.16. The molecule has 2 aromatic heterocycles. The van der Waals surface area contributed by atoms with Crippen LogP contribution < -0.4 is 20.1 Å². The van der Waals surface area contributed by atoms with Gasteiger partial charge in [0.25, 0.3) is 0 Å². The Balaban J connectivity index is 1.26. The number of nitrogens with one attached hydrogen (secondary N) is 2.